The zero-order valence-corrected chi connectivity index (χ0v) is 17.5. The molecule has 0 aliphatic heterocycles. The smallest absolute Gasteiger partial charge is 0.336 e. The third kappa shape index (κ3) is 5.61. The number of carbonyl (C=O) groups excluding carboxylic acids is 1. The van der Waals surface area contributed by atoms with Crippen LogP contribution in [0, 0.1) is 18.3 Å². The molecule has 0 radical (unpaired) electrons. The third-order valence-corrected chi connectivity index (χ3v) is 5.39. The average Bonchev–Trinajstić information content (AvgIpc) is 3.50. The van der Waals surface area contributed by atoms with E-state index in [1.165, 1.54) is 12.1 Å². The standard InChI is InChI=1S/C23H25F3N4O/c1-3-4-19(21(31)30-22(14-27)10-11-22)29-20(23(24,25)26)17-7-5-16(6-8-17)18-9-12-28-15(2)13-18/h5-9,12-13,19-20,29H,3-4,10-11H2,1-2H3,(H,30,31)/t19-,20-/m0/s1. The van der Waals surface area contributed by atoms with Crippen molar-refractivity contribution in [2.45, 2.75) is 63.3 Å². The van der Waals surface area contributed by atoms with Gasteiger partial charge in [-0.3, -0.25) is 15.1 Å². The Bertz CT molecular complexity index is 962. The molecule has 1 saturated carbocycles. The molecule has 31 heavy (non-hydrogen) atoms. The Labute approximate surface area is 179 Å². The summed E-state index contributed by atoms with van der Waals surface area (Å²) < 4.78 is 41.7. The van der Waals surface area contributed by atoms with Crippen molar-refractivity contribution >= 4 is 5.91 Å². The van der Waals surface area contributed by atoms with Crippen molar-refractivity contribution in [3.63, 3.8) is 0 Å². The molecule has 0 bridgehead atoms. The van der Waals surface area contributed by atoms with Gasteiger partial charge in [-0.25, -0.2) is 0 Å². The van der Waals surface area contributed by atoms with Crippen LogP contribution in [0.2, 0.25) is 0 Å². The highest BCUT2D eigenvalue weighted by atomic mass is 19.4. The molecule has 1 aliphatic carbocycles. The summed E-state index contributed by atoms with van der Waals surface area (Å²) in [7, 11) is 0. The highest BCUT2D eigenvalue weighted by molar-refractivity contribution is 5.83. The first-order chi connectivity index (χ1) is 14.7. The molecule has 1 heterocycles. The lowest BCUT2D eigenvalue weighted by atomic mass is 9.99. The minimum Gasteiger partial charge on any atom is -0.336 e. The van der Waals surface area contributed by atoms with Gasteiger partial charge in [0.15, 0.2) is 0 Å². The average molecular weight is 430 g/mol. The lowest BCUT2D eigenvalue weighted by Crippen LogP contribution is -2.51. The van der Waals surface area contributed by atoms with Gasteiger partial charge in [0.2, 0.25) is 5.91 Å². The van der Waals surface area contributed by atoms with Crippen molar-refractivity contribution in [2.24, 2.45) is 0 Å². The normalized spacial score (nSPS) is 16.8. The fraction of sp³-hybridized carbons (Fsp3) is 0.435. The summed E-state index contributed by atoms with van der Waals surface area (Å²) in [5, 5.41) is 14.3. The van der Waals surface area contributed by atoms with E-state index in [4.69, 9.17) is 0 Å². The van der Waals surface area contributed by atoms with Gasteiger partial charge in [0.25, 0.3) is 0 Å². The summed E-state index contributed by atoms with van der Waals surface area (Å²) in [6.07, 6.45) is -1.14. The van der Waals surface area contributed by atoms with Crippen molar-refractivity contribution in [3.05, 3.63) is 53.9 Å². The monoisotopic (exact) mass is 430 g/mol. The SMILES string of the molecule is CCC[C@H](N[C@@H](c1ccc(-c2ccnc(C)c2)cc1)C(F)(F)F)C(=O)NC1(C#N)CC1. The van der Waals surface area contributed by atoms with Crippen LogP contribution in [-0.4, -0.2) is 28.6 Å². The Hall–Kier alpha value is -2.92. The number of rotatable bonds is 8. The van der Waals surface area contributed by atoms with Crippen molar-refractivity contribution in [1.82, 2.24) is 15.6 Å². The van der Waals surface area contributed by atoms with Crippen LogP contribution in [-0.2, 0) is 4.79 Å². The third-order valence-electron chi connectivity index (χ3n) is 5.39. The van der Waals surface area contributed by atoms with E-state index in [1.54, 1.807) is 31.3 Å². The molecule has 8 heteroatoms. The van der Waals surface area contributed by atoms with Gasteiger partial charge in [-0.15, -0.1) is 0 Å². The second-order valence-electron chi connectivity index (χ2n) is 7.97. The van der Waals surface area contributed by atoms with Gasteiger partial charge >= 0.3 is 6.18 Å². The molecule has 2 aromatic rings. The summed E-state index contributed by atoms with van der Waals surface area (Å²) >= 11 is 0. The lowest BCUT2D eigenvalue weighted by molar-refractivity contribution is -0.161. The Balaban J connectivity index is 1.82. The molecule has 1 amide bonds. The van der Waals surface area contributed by atoms with Crippen LogP contribution >= 0.6 is 0 Å². The van der Waals surface area contributed by atoms with Crippen molar-refractivity contribution in [2.75, 3.05) is 0 Å². The molecule has 1 aromatic heterocycles. The molecule has 3 rings (SSSR count). The molecule has 0 unspecified atom stereocenters. The van der Waals surface area contributed by atoms with E-state index >= 15 is 0 Å². The molecular weight excluding hydrogens is 405 g/mol. The Morgan fingerprint density at radius 3 is 2.42 bits per heavy atom. The summed E-state index contributed by atoms with van der Waals surface area (Å²) in [6, 6.07) is 8.76. The molecule has 1 aromatic carbocycles. The van der Waals surface area contributed by atoms with Crippen LogP contribution in [0.5, 0.6) is 0 Å². The number of amides is 1. The maximum atomic E-state index is 13.9. The first-order valence-corrected chi connectivity index (χ1v) is 10.3. The fourth-order valence-electron chi connectivity index (χ4n) is 3.47. The van der Waals surface area contributed by atoms with Crippen LogP contribution in [0.3, 0.4) is 0 Å². The zero-order chi connectivity index (χ0) is 22.6. The van der Waals surface area contributed by atoms with Crippen LogP contribution in [0.1, 0.15) is 49.9 Å². The van der Waals surface area contributed by atoms with E-state index in [1.807, 2.05) is 19.1 Å². The van der Waals surface area contributed by atoms with Crippen LogP contribution in [0.25, 0.3) is 11.1 Å². The summed E-state index contributed by atoms with van der Waals surface area (Å²) in [5.41, 5.74) is 1.56. The van der Waals surface area contributed by atoms with Gasteiger partial charge in [0, 0.05) is 11.9 Å². The fourth-order valence-corrected chi connectivity index (χ4v) is 3.47. The Morgan fingerprint density at radius 2 is 1.90 bits per heavy atom. The first-order valence-electron chi connectivity index (χ1n) is 10.3. The summed E-state index contributed by atoms with van der Waals surface area (Å²) in [5.74, 6) is -0.570. The Morgan fingerprint density at radius 1 is 1.23 bits per heavy atom. The predicted molar refractivity (Wildman–Crippen MR) is 111 cm³/mol. The Kier molecular flexibility index (Phi) is 6.65. The number of hydrogen-bond acceptors (Lipinski definition) is 4. The maximum absolute atomic E-state index is 13.9. The quantitative estimate of drug-likeness (QED) is 0.642. The van der Waals surface area contributed by atoms with Crippen LogP contribution in [0.4, 0.5) is 13.2 Å². The molecule has 2 N–H and O–H groups in total. The van der Waals surface area contributed by atoms with Crippen LogP contribution in [0.15, 0.2) is 42.6 Å². The van der Waals surface area contributed by atoms with Gasteiger partial charge in [0.1, 0.15) is 11.6 Å². The van der Waals surface area contributed by atoms with E-state index in [0.717, 1.165) is 16.8 Å². The van der Waals surface area contributed by atoms with Gasteiger partial charge in [-0.2, -0.15) is 18.4 Å². The first kappa shape index (κ1) is 22.8. The number of benzene rings is 1. The topological polar surface area (TPSA) is 77.8 Å². The molecule has 2 atom stereocenters. The van der Waals surface area contributed by atoms with Crippen molar-refractivity contribution in [3.8, 4) is 17.2 Å². The lowest BCUT2D eigenvalue weighted by Gasteiger charge is -2.28. The van der Waals surface area contributed by atoms with E-state index in [0.29, 0.717) is 19.3 Å². The molecule has 5 nitrogen and oxygen atoms in total. The largest absolute Gasteiger partial charge is 0.407 e. The predicted octanol–water partition coefficient (Wildman–Crippen LogP) is 4.59. The molecule has 1 aliphatic rings. The summed E-state index contributed by atoms with van der Waals surface area (Å²) in [6.45, 7) is 3.64. The molecule has 0 saturated heterocycles. The number of halogens is 3. The van der Waals surface area contributed by atoms with Crippen molar-refractivity contribution < 1.29 is 18.0 Å². The van der Waals surface area contributed by atoms with Crippen molar-refractivity contribution in [1.29, 1.82) is 5.26 Å². The van der Waals surface area contributed by atoms with Crippen LogP contribution < -0.4 is 10.6 Å². The maximum Gasteiger partial charge on any atom is 0.407 e. The summed E-state index contributed by atoms with van der Waals surface area (Å²) in [4.78, 5) is 16.7. The molecule has 1 fully saturated rings. The number of alkyl halides is 3. The van der Waals surface area contributed by atoms with E-state index in [-0.39, 0.29) is 12.0 Å². The molecular formula is C23H25F3N4O. The van der Waals surface area contributed by atoms with E-state index < -0.39 is 29.7 Å². The highest BCUT2D eigenvalue weighted by Crippen LogP contribution is 2.36. The number of aryl methyl sites for hydroxylation is 1. The second-order valence-corrected chi connectivity index (χ2v) is 7.97. The number of hydrogen-bond donors (Lipinski definition) is 2. The minimum atomic E-state index is -4.59. The molecule has 0 spiro atoms. The number of nitriles is 1. The number of nitrogens with zero attached hydrogens (tertiary/aromatic N) is 2. The number of aromatic nitrogens is 1. The van der Waals surface area contributed by atoms with Gasteiger partial charge in [0.05, 0.1) is 12.1 Å². The zero-order valence-electron chi connectivity index (χ0n) is 17.5. The van der Waals surface area contributed by atoms with Gasteiger partial charge < -0.3 is 5.32 Å². The highest BCUT2D eigenvalue weighted by Gasteiger charge is 2.47. The number of pyridine rings is 1. The minimum absolute atomic E-state index is 0.0253. The number of carbonyl (C=O) groups is 1. The molecule has 164 valence electrons. The van der Waals surface area contributed by atoms with E-state index in [9.17, 15) is 23.2 Å². The second kappa shape index (κ2) is 9.06. The number of nitrogens with one attached hydrogen (secondary N) is 2. The van der Waals surface area contributed by atoms with Gasteiger partial charge in [-0.05, 0) is 55.0 Å². The van der Waals surface area contributed by atoms with Gasteiger partial charge in [-0.1, -0.05) is 37.6 Å². The van der Waals surface area contributed by atoms with E-state index in [2.05, 4.69) is 15.6 Å².